The molecule has 108 valence electrons. The fourth-order valence-electron chi connectivity index (χ4n) is 1.74. The molecule has 0 bridgehead atoms. The molecule has 0 fully saturated rings. The molecule has 0 aliphatic heterocycles. The van der Waals surface area contributed by atoms with Crippen LogP contribution in [0.3, 0.4) is 0 Å². The number of nitrogens with one attached hydrogen (secondary N) is 2. The summed E-state index contributed by atoms with van der Waals surface area (Å²) in [5.41, 5.74) is 2.17. The predicted octanol–water partition coefficient (Wildman–Crippen LogP) is 2.08. The normalized spacial score (nSPS) is 11.6. The zero-order valence-corrected chi connectivity index (χ0v) is 13.3. The van der Waals surface area contributed by atoms with Gasteiger partial charge < -0.3 is 5.11 Å². The number of aliphatic hydroxyl groups is 1. The lowest BCUT2D eigenvalue weighted by Gasteiger charge is -2.11. The fourth-order valence-corrected chi connectivity index (χ4v) is 3.94. The second-order valence-electron chi connectivity index (χ2n) is 4.34. The summed E-state index contributed by atoms with van der Waals surface area (Å²) in [6.07, 6.45) is 0. The van der Waals surface area contributed by atoms with E-state index in [0.29, 0.717) is 27.1 Å². The summed E-state index contributed by atoms with van der Waals surface area (Å²) < 4.78 is 27.8. The van der Waals surface area contributed by atoms with Crippen LogP contribution in [0.1, 0.15) is 17.0 Å². The van der Waals surface area contributed by atoms with Crippen LogP contribution in [0.5, 0.6) is 0 Å². The number of aromatic nitrogens is 2. The van der Waals surface area contributed by atoms with E-state index < -0.39 is 10.0 Å². The van der Waals surface area contributed by atoms with E-state index in [1.54, 1.807) is 26.0 Å². The lowest BCUT2D eigenvalue weighted by Crippen LogP contribution is -2.15. The standard InChI is InChI=1S/C12H14BrN3O3S/c1-7-12(8(2)15-14-7)16-20(18,19)11-5-9(6-17)3-4-10(11)13/h3-5,16-17H,6H2,1-2H3,(H,14,15). The van der Waals surface area contributed by atoms with Crippen molar-refractivity contribution in [3.8, 4) is 0 Å². The summed E-state index contributed by atoms with van der Waals surface area (Å²) >= 11 is 3.21. The zero-order valence-electron chi connectivity index (χ0n) is 10.9. The monoisotopic (exact) mass is 359 g/mol. The van der Waals surface area contributed by atoms with E-state index in [1.165, 1.54) is 6.07 Å². The lowest BCUT2D eigenvalue weighted by atomic mass is 10.2. The summed E-state index contributed by atoms with van der Waals surface area (Å²) in [6.45, 7) is 3.22. The van der Waals surface area contributed by atoms with Gasteiger partial charge in [-0.15, -0.1) is 0 Å². The van der Waals surface area contributed by atoms with Gasteiger partial charge in [-0.1, -0.05) is 6.07 Å². The molecule has 1 aromatic carbocycles. The molecule has 0 spiro atoms. The maximum absolute atomic E-state index is 12.4. The Morgan fingerprint density at radius 1 is 1.40 bits per heavy atom. The van der Waals surface area contributed by atoms with Crippen molar-refractivity contribution in [2.45, 2.75) is 25.3 Å². The van der Waals surface area contributed by atoms with Gasteiger partial charge in [-0.3, -0.25) is 9.82 Å². The van der Waals surface area contributed by atoms with E-state index in [4.69, 9.17) is 5.11 Å². The number of rotatable bonds is 4. The van der Waals surface area contributed by atoms with E-state index in [9.17, 15) is 8.42 Å². The van der Waals surface area contributed by atoms with Gasteiger partial charge >= 0.3 is 0 Å². The summed E-state index contributed by atoms with van der Waals surface area (Å²) in [4.78, 5) is 0.0732. The first-order chi connectivity index (χ1) is 9.35. The van der Waals surface area contributed by atoms with Gasteiger partial charge in [-0.05, 0) is 47.5 Å². The third kappa shape index (κ3) is 2.87. The van der Waals surface area contributed by atoms with Crippen molar-refractivity contribution in [3.05, 3.63) is 39.6 Å². The van der Waals surface area contributed by atoms with Crippen LogP contribution in [0.25, 0.3) is 0 Å². The van der Waals surface area contributed by atoms with Crippen molar-refractivity contribution in [2.75, 3.05) is 4.72 Å². The minimum atomic E-state index is -3.76. The first kappa shape index (κ1) is 15.0. The molecule has 6 nitrogen and oxygen atoms in total. The molecule has 1 heterocycles. The number of H-pyrrole nitrogens is 1. The van der Waals surface area contributed by atoms with E-state index in [-0.39, 0.29) is 11.5 Å². The molecule has 2 rings (SSSR count). The second kappa shape index (κ2) is 5.55. The van der Waals surface area contributed by atoms with E-state index in [2.05, 4.69) is 30.8 Å². The van der Waals surface area contributed by atoms with Crippen molar-refractivity contribution < 1.29 is 13.5 Å². The molecule has 0 atom stereocenters. The first-order valence-corrected chi connectivity index (χ1v) is 8.06. The van der Waals surface area contributed by atoms with Gasteiger partial charge in [-0.2, -0.15) is 5.10 Å². The van der Waals surface area contributed by atoms with Crippen molar-refractivity contribution in [1.29, 1.82) is 0 Å². The van der Waals surface area contributed by atoms with Crippen LogP contribution in [-0.4, -0.2) is 23.7 Å². The maximum Gasteiger partial charge on any atom is 0.263 e. The number of anilines is 1. The number of hydrogen-bond donors (Lipinski definition) is 3. The molecular weight excluding hydrogens is 346 g/mol. The number of aryl methyl sites for hydroxylation is 2. The molecule has 0 aliphatic rings. The van der Waals surface area contributed by atoms with Crippen LogP contribution in [0, 0.1) is 13.8 Å². The SMILES string of the molecule is Cc1n[nH]c(C)c1NS(=O)(=O)c1cc(CO)ccc1Br. The Morgan fingerprint density at radius 3 is 2.65 bits per heavy atom. The average molecular weight is 360 g/mol. The topological polar surface area (TPSA) is 95.1 Å². The molecule has 3 N–H and O–H groups in total. The first-order valence-electron chi connectivity index (χ1n) is 5.79. The highest BCUT2D eigenvalue weighted by molar-refractivity contribution is 9.10. The summed E-state index contributed by atoms with van der Waals surface area (Å²) in [7, 11) is -3.76. The van der Waals surface area contributed by atoms with Crippen LogP contribution in [0.4, 0.5) is 5.69 Å². The van der Waals surface area contributed by atoms with E-state index in [0.717, 1.165) is 0 Å². The Labute approximate surface area is 125 Å². The van der Waals surface area contributed by atoms with Crippen LogP contribution in [-0.2, 0) is 16.6 Å². The quantitative estimate of drug-likeness (QED) is 0.778. The van der Waals surface area contributed by atoms with E-state index in [1.807, 2.05) is 0 Å². The van der Waals surface area contributed by atoms with Gasteiger partial charge in [-0.25, -0.2) is 8.42 Å². The second-order valence-corrected chi connectivity index (χ2v) is 6.84. The number of sulfonamides is 1. The van der Waals surface area contributed by atoms with Crippen LogP contribution in [0.2, 0.25) is 0 Å². The molecule has 0 radical (unpaired) electrons. The number of hydrogen-bond acceptors (Lipinski definition) is 4. The lowest BCUT2D eigenvalue weighted by molar-refractivity contribution is 0.281. The summed E-state index contributed by atoms with van der Waals surface area (Å²) in [5.74, 6) is 0. The Hall–Kier alpha value is -1.38. The zero-order chi connectivity index (χ0) is 14.9. The minimum Gasteiger partial charge on any atom is -0.392 e. The highest BCUT2D eigenvalue weighted by Gasteiger charge is 2.21. The number of aliphatic hydroxyl groups excluding tert-OH is 1. The molecule has 0 saturated carbocycles. The van der Waals surface area contributed by atoms with Gasteiger partial charge in [0.1, 0.15) is 4.90 Å². The molecule has 8 heteroatoms. The largest absolute Gasteiger partial charge is 0.392 e. The summed E-state index contributed by atoms with van der Waals surface area (Å²) in [6, 6.07) is 4.67. The molecule has 2 aromatic rings. The van der Waals surface area contributed by atoms with Crippen LogP contribution in [0.15, 0.2) is 27.6 Å². The Balaban J connectivity index is 2.46. The third-order valence-corrected chi connectivity index (χ3v) is 5.18. The molecule has 20 heavy (non-hydrogen) atoms. The van der Waals surface area contributed by atoms with Crippen molar-refractivity contribution in [1.82, 2.24) is 10.2 Å². The Morgan fingerprint density at radius 2 is 2.10 bits per heavy atom. The molecule has 0 saturated heterocycles. The van der Waals surface area contributed by atoms with Gasteiger partial charge in [0.2, 0.25) is 0 Å². The highest BCUT2D eigenvalue weighted by atomic mass is 79.9. The van der Waals surface area contributed by atoms with E-state index >= 15 is 0 Å². The maximum atomic E-state index is 12.4. The minimum absolute atomic E-state index is 0.0732. The van der Waals surface area contributed by atoms with Crippen LogP contribution >= 0.6 is 15.9 Å². The molecule has 0 unspecified atom stereocenters. The molecular formula is C12H14BrN3O3S. The summed E-state index contributed by atoms with van der Waals surface area (Å²) in [5, 5.41) is 15.8. The number of halogens is 1. The molecule has 0 aliphatic carbocycles. The van der Waals surface area contributed by atoms with Gasteiger partial charge in [0.25, 0.3) is 10.0 Å². The average Bonchev–Trinajstić information content (AvgIpc) is 2.70. The molecule has 1 aromatic heterocycles. The number of benzene rings is 1. The van der Waals surface area contributed by atoms with Crippen molar-refractivity contribution in [3.63, 3.8) is 0 Å². The van der Waals surface area contributed by atoms with Gasteiger partial charge in [0, 0.05) is 4.47 Å². The third-order valence-electron chi connectivity index (χ3n) is 2.83. The predicted molar refractivity (Wildman–Crippen MR) is 78.9 cm³/mol. The molecule has 0 amide bonds. The van der Waals surface area contributed by atoms with Crippen molar-refractivity contribution in [2.24, 2.45) is 0 Å². The number of aromatic amines is 1. The van der Waals surface area contributed by atoms with Crippen LogP contribution < -0.4 is 4.72 Å². The van der Waals surface area contributed by atoms with Gasteiger partial charge in [0.15, 0.2) is 0 Å². The Kier molecular flexibility index (Phi) is 4.17. The van der Waals surface area contributed by atoms with Crippen molar-refractivity contribution >= 4 is 31.6 Å². The van der Waals surface area contributed by atoms with Gasteiger partial charge in [0.05, 0.1) is 23.7 Å². The fraction of sp³-hybridized carbons (Fsp3) is 0.250. The Bertz CT molecular complexity index is 721. The number of nitrogens with zero attached hydrogens (tertiary/aromatic N) is 1. The highest BCUT2D eigenvalue weighted by Crippen LogP contribution is 2.27. The smallest absolute Gasteiger partial charge is 0.263 e.